The molecule has 0 unspecified atom stereocenters. The summed E-state index contributed by atoms with van der Waals surface area (Å²) < 4.78 is 5.68. The first-order valence-corrected chi connectivity index (χ1v) is 10.2. The van der Waals surface area contributed by atoms with Gasteiger partial charge in [0.1, 0.15) is 5.65 Å². The normalized spacial score (nSPS) is 14.5. The van der Waals surface area contributed by atoms with Crippen LogP contribution in [0.15, 0.2) is 59.9 Å². The van der Waals surface area contributed by atoms with Crippen LogP contribution in [0.2, 0.25) is 0 Å². The van der Waals surface area contributed by atoms with Crippen LogP contribution in [0.25, 0.3) is 17.1 Å². The van der Waals surface area contributed by atoms with Crippen molar-refractivity contribution in [3.63, 3.8) is 0 Å². The summed E-state index contributed by atoms with van der Waals surface area (Å²) in [5.41, 5.74) is 3.17. The lowest BCUT2D eigenvalue weighted by Gasteiger charge is -2.11. The van der Waals surface area contributed by atoms with Gasteiger partial charge in [0.15, 0.2) is 11.3 Å². The van der Waals surface area contributed by atoms with Gasteiger partial charge >= 0.3 is 5.97 Å². The number of H-pyrrole nitrogens is 1. The van der Waals surface area contributed by atoms with Gasteiger partial charge in [-0.1, -0.05) is 11.8 Å². The van der Waals surface area contributed by atoms with Gasteiger partial charge in [0.2, 0.25) is 11.7 Å². The van der Waals surface area contributed by atoms with E-state index in [9.17, 15) is 14.7 Å². The van der Waals surface area contributed by atoms with Gasteiger partial charge in [-0.2, -0.15) is 0 Å². The Morgan fingerprint density at radius 1 is 1.33 bits per heavy atom. The Kier molecular flexibility index (Phi) is 5.98. The number of rotatable bonds is 5. The Hall–Kier alpha value is -4.35. The number of anilines is 1. The highest BCUT2D eigenvalue weighted by Crippen LogP contribution is 2.30. The van der Waals surface area contributed by atoms with E-state index in [1.807, 2.05) is 44.1 Å². The second-order valence-corrected chi connectivity index (χ2v) is 7.79. The smallest absolute Gasteiger partial charge is 0.345 e. The van der Waals surface area contributed by atoms with E-state index in [2.05, 4.69) is 27.1 Å². The first kappa shape index (κ1) is 21.9. The van der Waals surface area contributed by atoms with Gasteiger partial charge in [-0.15, -0.1) is 0 Å². The molecule has 8 nitrogen and oxygen atoms in total. The highest BCUT2D eigenvalue weighted by Gasteiger charge is 2.36. The van der Waals surface area contributed by atoms with Crippen LogP contribution in [0.1, 0.15) is 16.7 Å². The van der Waals surface area contributed by atoms with Crippen LogP contribution in [-0.4, -0.2) is 52.4 Å². The number of aromatic nitrogens is 2. The van der Waals surface area contributed by atoms with Crippen molar-refractivity contribution in [2.24, 2.45) is 0 Å². The highest BCUT2D eigenvalue weighted by molar-refractivity contribution is 6.26. The average molecular weight is 442 g/mol. The van der Waals surface area contributed by atoms with E-state index in [0.29, 0.717) is 23.4 Å². The van der Waals surface area contributed by atoms with Crippen molar-refractivity contribution in [1.82, 2.24) is 14.9 Å². The predicted molar refractivity (Wildman–Crippen MR) is 125 cm³/mol. The summed E-state index contributed by atoms with van der Waals surface area (Å²) in [7, 11) is 3.89. The lowest BCUT2D eigenvalue weighted by atomic mass is 10.1. The maximum Gasteiger partial charge on any atom is 0.345 e. The van der Waals surface area contributed by atoms with Gasteiger partial charge in [-0.3, -0.25) is 9.69 Å². The number of ether oxygens (including phenoxy) is 1. The third kappa shape index (κ3) is 4.63. The monoisotopic (exact) mass is 442 g/mol. The summed E-state index contributed by atoms with van der Waals surface area (Å²) in [5.74, 6) is 3.90. The Morgan fingerprint density at radius 3 is 2.88 bits per heavy atom. The molecule has 33 heavy (non-hydrogen) atoms. The van der Waals surface area contributed by atoms with Gasteiger partial charge in [0.05, 0.1) is 6.54 Å². The van der Waals surface area contributed by atoms with E-state index in [-0.39, 0.29) is 11.6 Å². The molecular formula is C25H22N4O4. The predicted octanol–water partition coefficient (Wildman–Crippen LogP) is 3.13. The molecule has 0 aliphatic carbocycles. The summed E-state index contributed by atoms with van der Waals surface area (Å²) in [5, 5.41) is 13.4. The van der Waals surface area contributed by atoms with E-state index in [4.69, 9.17) is 4.74 Å². The largest absolute Gasteiger partial charge is 0.477 e. The molecule has 3 heterocycles. The van der Waals surface area contributed by atoms with Crippen molar-refractivity contribution >= 4 is 34.5 Å². The first-order valence-electron chi connectivity index (χ1n) is 10.2. The number of carboxylic acids is 1. The molecule has 166 valence electrons. The van der Waals surface area contributed by atoms with Crippen LogP contribution < -0.4 is 5.32 Å². The molecule has 8 heteroatoms. The fourth-order valence-corrected chi connectivity index (χ4v) is 3.35. The third-order valence-electron chi connectivity index (χ3n) is 4.98. The number of nitrogens with zero attached hydrogens (tertiary/aromatic N) is 2. The van der Waals surface area contributed by atoms with Crippen molar-refractivity contribution in [2.45, 2.75) is 6.92 Å². The van der Waals surface area contributed by atoms with Gasteiger partial charge in [0, 0.05) is 34.6 Å². The fourth-order valence-electron chi connectivity index (χ4n) is 3.35. The molecule has 0 bridgehead atoms. The number of aryl methyl sites for hydroxylation is 1. The van der Waals surface area contributed by atoms with Crippen LogP contribution in [0.3, 0.4) is 0 Å². The Bertz CT molecular complexity index is 1390. The fraction of sp³-hybridized carbons (Fsp3) is 0.160. The number of Topliss-reactive ketones (excluding diaryl/α,β-unsaturated/α-hetero) is 1. The Balaban J connectivity index is 1.61. The molecule has 0 saturated carbocycles. The number of nitrogens with one attached hydrogen (secondary N) is 2. The average Bonchev–Trinajstić information content (AvgIpc) is 3.31. The summed E-state index contributed by atoms with van der Waals surface area (Å²) >= 11 is 0. The topological polar surface area (TPSA) is 108 Å². The maximum absolute atomic E-state index is 12.8. The van der Waals surface area contributed by atoms with E-state index >= 15 is 0 Å². The van der Waals surface area contributed by atoms with E-state index in [1.165, 1.54) is 6.08 Å². The number of ketones is 1. The molecule has 3 aromatic rings. The maximum atomic E-state index is 12.8. The molecule has 0 radical (unpaired) electrons. The second-order valence-electron chi connectivity index (χ2n) is 7.79. The summed E-state index contributed by atoms with van der Waals surface area (Å²) in [4.78, 5) is 33.8. The number of aromatic amines is 1. The van der Waals surface area contributed by atoms with Crippen LogP contribution in [0.5, 0.6) is 0 Å². The summed E-state index contributed by atoms with van der Waals surface area (Å²) in [6.07, 6.45) is 4.85. The second kappa shape index (κ2) is 9.02. The molecule has 2 aromatic heterocycles. The number of carbonyl (C=O) groups is 2. The Morgan fingerprint density at radius 2 is 2.15 bits per heavy atom. The SMILES string of the molecule is Cc1cc(C#CCN(C)C)ccc1NC1=C(C(=O)O)C(=O)C(=Cc2c[nH]c3ncccc23)O1. The van der Waals surface area contributed by atoms with Crippen LogP contribution in [-0.2, 0) is 14.3 Å². The Labute approximate surface area is 190 Å². The number of hydrogen-bond donors (Lipinski definition) is 3. The molecule has 0 spiro atoms. The first-order chi connectivity index (χ1) is 15.8. The number of benzene rings is 1. The quantitative estimate of drug-likeness (QED) is 0.317. The third-order valence-corrected chi connectivity index (χ3v) is 4.98. The molecule has 1 aliphatic heterocycles. The van der Waals surface area contributed by atoms with Gasteiger partial charge in [-0.05, 0) is 63.0 Å². The number of allylic oxidation sites excluding steroid dienone is 1. The molecule has 1 aromatic carbocycles. The van der Waals surface area contributed by atoms with Crippen molar-refractivity contribution in [1.29, 1.82) is 0 Å². The molecule has 0 saturated heterocycles. The number of aliphatic carboxylic acids is 1. The van der Waals surface area contributed by atoms with Crippen molar-refractivity contribution in [3.05, 3.63) is 76.6 Å². The van der Waals surface area contributed by atoms with Crippen LogP contribution >= 0.6 is 0 Å². The molecule has 0 amide bonds. The minimum Gasteiger partial charge on any atom is -0.477 e. The van der Waals surface area contributed by atoms with Crippen molar-refractivity contribution in [2.75, 3.05) is 26.0 Å². The number of carboxylic acid groups (broad SMARTS) is 1. The van der Waals surface area contributed by atoms with E-state index in [0.717, 1.165) is 16.5 Å². The zero-order valence-electron chi connectivity index (χ0n) is 18.4. The number of carbonyl (C=O) groups excluding carboxylic acids is 1. The highest BCUT2D eigenvalue weighted by atomic mass is 16.5. The summed E-state index contributed by atoms with van der Waals surface area (Å²) in [6, 6.07) is 9.12. The minimum absolute atomic E-state index is 0.0801. The van der Waals surface area contributed by atoms with Gasteiger partial charge < -0.3 is 20.1 Å². The zero-order chi connectivity index (χ0) is 23.5. The standard InChI is InChI=1S/C25H22N4O4/c1-15-12-16(6-5-11-29(2)3)8-9-19(15)28-24-21(25(31)32)22(30)20(33-24)13-17-14-27-23-18(17)7-4-10-26-23/h4,7-10,12-14,28H,11H2,1-3H3,(H,26,27)(H,31,32). The van der Waals surface area contributed by atoms with Gasteiger partial charge in [0.25, 0.3) is 0 Å². The molecule has 0 fully saturated rings. The number of pyridine rings is 1. The molecule has 1 aliphatic rings. The number of hydrogen-bond acceptors (Lipinski definition) is 6. The van der Waals surface area contributed by atoms with Crippen molar-refractivity contribution < 1.29 is 19.4 Å². The zero-order valence-corrected chi connectivity index (χ0v) is 18.4. The lowest BCUT2D eigenvalue weighted by Crippen LogP contribution is -2.12. The summed E-state index contributed by atoms with van der Waals surface area (Å²) in [6.45, 7) is 2.51. The van der Waals surface area contributed by atoms with Crippen LogP contribution in [0.4, 0.5) is 5.69 Å². The number of fused-ring (bicyclic) bond motifs is 1. The van der Waals surface area contributed by atoms with Crippen LogP contribution in [0, 0.1) is 18.8 Å². The molecule has 4 rings (SSSR count). The van der Waals surface area contributed by atoms with Crippen molar-refractivity contribution in [3.8, 4) is 11.8 Å². The van der Waals surface area contributed by atoms with E-state index in [1.54, 1.807) is 24.5 Å². The molecule has 3 N–H and O–H groups in total. The molecule has 0 atom stereocenters. The molecular weight excluding hydrogens is 420 g/mol. The van der Waals surface area contributed by atoms with Gasteiger partial charge in [-0.25, -0.2) is 9.78 Å². The lowest BCUT2D eigenvalue weighted by molar-refractivity contribution is -0.134. The van der Waals surface area contributed by atoms with E-state index < -0.39 is 17.3 Å². The minimum atomic E-state index is -1.37.